The number of carbonyl (C=O) groups is 3. The van der Waals surface area contributed by atoms with Crippen LogP contribution < -0.4 is 5.32 Å². The van der Waals surface area contributed by atoms with E-state index in [-0.39, 0.29) is 26.5 Å². The summed E-state index contributed by atoms with van der Waals surface area (Å²) in [4.78, 5) is 37.6. The summed E-state index contributed by atoms with van der Waals surface area (Å²) >= 11 is 12.1. The van der Waals surface area contributed by atoms with Crippen LogP contribution in [0.15, 0.2) is 53.6 Å². The number of alkyl halides is 3. The second kappa shape index (κ2) is 9.96. The van der Waals surface area contributed by atoms with Gasteiger partial charge in [0, 0.05) is 22.7 Å². The topological polar surface area (TPSA) is 91.6 Å². The Morgan fingerprint density at radius 3 is 2.58 bits per heavy atom. The van der Waals surface area contributed by atoms with Crippen LogP contribution in [0.3, 0.4) is 0 Å². The van der Waals surface area contributed by atoms with Gasteiger partial charge >= 0.3 is 12.1 Å². The Labute approximate surface area is 216 Å². The van der Waals surface area contributed by atoms with E-state index in [9.17, 15) is 27.6 Å². The lowest BCUT2D eigenvalue weighted by Crippen LogP contribution is -2.33. The van der Waals surface area contributed by atoms with Crippen molar-refractivity contribution in [2.24, 2.45) is 0 Å². The van der Waals surface area contributed by atoms with Crippen molar-refractivity contribution in [1.82, 2.24) is 9.47 Å². The van der Waals surface area contributed by atoms with E-state index >= 15 is 0 Å². The molecule has 2 amide bonds. The van der Waals surface area contributed by atoms with Crippen LogP contribution in [0.25, 0.3) is 17.0 Å². The maximum atomic E-state index is 13.0. The Bertz CT molecular complexity index is 1450. The minimum Gasteiger partial charge on any atom is -0.480 e. The Balaban J connectivity index is 1.61. The maximum absolute atomic E-state index is 13.0. The van der Waals surface area contributed by atoms with Gasteiger partial charge in [0.1, 0.15) is 17.4 Å². The quantitative estimate of drug-likeness (QED) is 0.320. The van der Waals surface area contributed by atoms with Gasteiger partial charge in [-0.15, -0.1) is 0 Å². The molecule has 0 radical (unpaired) electrons. The Morgan fingerprint density at radius 1 is 1.17 bits per heavy atom. The Kier molecular flexibility index (Phi) is 7.12. The van der Waals surface area contributed by atoms with Crippen molar-refractivity contribution in [1.29, 1.82) is 0 Å². The predicted molar refractivity (Wildman–Crippen MR) is 135 cm³/mol. The van der Waals surface area contributed by atoms with Crippen LogP contribution in [-0.2, 0) is 27.1 Å². The number of aliphatic carboxylic acids is 1. The highest BCUT2D eigenvalue weighted by atomic mass is 35.5. The molecule has 0 saturated carbocycles. The van der Waals surface area contributed by atoms with E-state index in [4.69, 9.17) is 28.9 Å². The van der Waals surface area contributed by atoms with Gasteiger partial charge in [0.2, 0.25) is 5.91 Å². The highest BCUT2D eigenvalue weighted by Gasteiger charge is 2.34. The van der Waals surface area contributed by atoms with Gasteiger partial charge in [0.25, 0.3) is 5.91 Å². The average Bonchev–Trinajstić information content (AvgIpc) is 3.26. The van der Waals surface area contributed by atoms with Crippen molar-refractivity contribution in [3.63, 3.8) is 0 Å². The van der Waals surface area contributed by atoms with Gasteiger partial charge in [-0.25, -0.2) is 0 Å². The first-order chi connectivity index (χ1) is 16.9. The van der Waals surface area contributed by atoms with Crippen LogP contribution in [0.2, 0.25) is 5.02 Å². The Hall–Kier alpha value is -3.35. The van der Waals surface area contributed by atoms with E-state index in [0.717, 1.165) is 34.9 Å². The molecule has 1 fully saturated rings. The lowest BCUT2D eigenvalue weighted by Gasteiger charge is -2.12. The van der Waals surface area contributed by atoms with E-state index in [2.05, 4.69) is 5.32 Å². The van der Waals surface area contributed by atoms with Crippen molar-refractivity contribution in [2.75, 3.05) is 11.9 Å². The Morgan fingerprint density at radius 2 is 1.89 bits per heavy atom. The van der Waals surface area contributed by atoms with Crippen LogP contribution in [0.5, 0.6) is 0 Å². The van der Waals surface area contributed by atoms with Crippen LogP contribution in [-0.4, -0.2) is 43.2 Å². The number of thiocarbonyl (C=S) groups is 1. The number of anilines is 1. The molecule has 7 nitrogen and oxygen atoms in total. The number of nitrogens with one attached hydrogen (secondary N) is 1. The summed E-state index contributed by atoms with van der Waals surface area (Å²) in [6.45, 7) is -0.803. The SMILES string of the molecule is O=C(O)CN1C(=O)/C(=C\c2cn(CC(=O)Nc3cc(C(F)(F)F)ccc3Cl)c3ccccc23)SC1=S. The fourth-order valence-electron chi connectivity index (χ4n) is 3.58. The molecule has 1 aromatic heterocycles. The van der Waals surface area contributed by atoms with Gasteiger partial charge < -0.3 is 15.0 Å². The van der Waals surface area contributed by atoms with Gasteiger partial charge in [-0.05, 0) is 30.3 Å². The zero-order valence-electron chi connectivity index (χ0n) is 18.0. The molecule has 0 atom stereocenters. The third kappa shape index (κ3) is 5.40. The molecule has 0 spiro atoms. The molecule has 1 aliphatic heterocycles. The molecule has 1 saturated heterocycles. The number of carbonyl (C=O) groups excluding carboxylic acids is 2. The third-order valence-electron chi connectivity index (χ3n) is 5.15. The fraction of sp³-hybridized carbons (Fsp3) is 0.130. The normalized spacial score (nSPS) is 15.2. The maximum Gasteiger partial charge on any atom is 0.416 e. The number of carboxylic acid groups (broad SMARTS) is 1. The number of benzene rings is 2. The monoisotopic (exact) mass is 553 g/mol. The number of carboxylic acids is 1. The number of para-hydroxylation sites is 1. The molecule has 2 aromatic carbocycles. The number of aromatic nitrogens is 1. The number of rotatable bonds is 6. The standard InChI is InChI=1S/C23H15ClF3N3O4S2/c24-15-6-5-13(23(25,26)27)8-16(15)28-19(31)10-29-9-12(14-3-1-2-4-17(14)29)7-18-21(34)30(11-20(32)33)22(35)36-18/h1-9H,10-11H2,(H,28,31)(H,32,33)/b18-7+. The summed E-state index contributed by atoms with van der Waals surface area (Å²) in [6, 6.07) is 9.67. The van der Waals surface area contributed by atoms with E-state index in [1.807, 2.05) is 0 Å². The van der Waals surface area contributed by atoms with E-state index in [1.165, 1.54) is 0 Å². The summed E-state index contributed by atoms with van der Waals surface area (Å²) in [7, 11) is 0. The first-order valence-electron chi connectivity index (χ1n) is 10.2. The highest BCUT2D eigenvalue weighted by Crippen LogP contribution is 2.35. The summed E-state index contributed by atoms with van der Waals surface area (Å²) in [5.74, 6) is -2.35. The van der Waals surface area contributed by atoms with E-state index < -0.39 is 36.1 Å². The number of thioether (sulfide) groups is 1. The van der Waals surface area contributed by atoms with Crippen molar-refractivity contribution >= 4 is 80.4 Å². The number of hydrogen-bond acceptors (Lipinski definition) is 5. The second-order valence-electron chi connectivity index (χ2n) is 7.63. The van der Waals surface area contributed by atoms with Crippen molar-refractivity contribution in [3.8, 4) is 0 Å². The van der Waals surface area contributed by atoms with Crippen molar-refractivity contribution in [2.45, 2.75) is 12.7 Å². The third-order valence-corrected chi connectivity index (χ3v) is 6.86. The fourth-order valence-corrected chi connectivity index (χ4v) is 4.99. The van der Waals surface area contributed by atoms with Crippen LogP contribution in [0, 0.1) is 0 Å². The van der Waals surface area contributed by atoms with Crippen molar-refractivity contribution < 1.29 is 32.7 Å². The number of amides is 2. The molecule has 0 bridgehead atoms. The molecule has 36 heavy (non-hydrogen) atoms. The van der Waals surface area contributed by atoms with Gasteiger partial charge in [-0.3, -0.25) is 19.3 Å². The number of hydrogen-bond donors (Lipinski definition) is 2. The van der Waals surface area contributed by atoms with E-state index in [0.29, 0.717) is 16.5 Å². The molecule has 186 valence electrons. The highest BCUT2D eigenvalue weighted by molar-refractivity contribution is 8.26. The minimum atomic E-state index is -4.60. The van der Waals surface area contributed by atoms with Crippen LogP contribution in [0.1, 0.15) is 11.1 Å². The van der Waals surface area contributed by atoms with Crippen molar-refractivity contribution in [3.05, 3.63) is 69.7 Å². The second-order valence-corrected chi connectivity index (χ2v) is 9.71. The molecule has 3 aromatic rings. The number of fused-ring (bicyclic) bond motifs is 1. The van der Waals surface area contributed by atoms with Gasteiger partial charge in [0.05, 0.1) is 21.2 Å². The molecule has 0 aliphatic carbocycles. The largest absolute Gasteiger partial charge is 0.480 e. The minimum absolute atomic E-state index is 0.0437. The first-order valence-corrected chi connectivity index (χ1v) is 11.8. The first kappa shape index (κ1) is 25.7. The molecule has 2 N–H and O–H groups in total. The summed E-state index contributed by atoms with van der Waals surface area (Å²) in [6.07, 6.45) is -1.43. The van der Waals surface area contributed by atoms with Crippen LogP contribution in [0.4, 0.5) is 18.9 Å². The van der Waals surface area contributed by atoms with Gasteiger partial charge in [-0.1, -0.05) is 53.8 Å². The zero-order valence-corrected chi connectivity index (χ0v) is 20.4. The molecule has 0 unspecified atom stereocenters. The smallest absolute Gasteiger partial charge is 0.416 e. The zero-order chi connectivity index (χ0) is 26.2. The molecule has 13 heteroatoms. The lowest BCUT2D eigenvalue weighted by atomic mass is 10.1. The lowest BCUT2D eigenvalue weighted by molar-refractivity contribution is -0.140. The molecular weight excluding hydrogens is 539 g/mol. The summed E-state index contributed by atoms with van der Waals surface area (Å²) in [5.41, 5.74) is 0.0905. The molecule has 1 aliphatic rings. The van der Waals surface area contributed by atoms with E-state index in [1.54, 1.807) is 41.1 Å². The summed E-state index contributed by atoms with van der Waals surface area (Å²) in [5, 5.41) is 12.1. The number of nitrogens with zero attached hydrogens (tertiary/aromatic N) is 2. The molecular formula is C23H15ClF3N3O4S2. The predicted octanol–water partition coefficient (Wildman–Crippen LogP) is 5.24. The van der Waals surface area contributed by atoms with Gasteiger partial charge in [-0.2, -0.15) is 13.2 Å². The van der Waals surface area contributed by atoms with Gasteiger partial charge in [0.15, 0.2) is 0 Å². The number of halogens is 4. The van der Waals surface area contributed by atoms with Crippen LogP contribution >= 0.6 is 35.6 Å². The molecule has 4 rings (SSSR count). The average molecular weight is 554 g/mol. The summed E-state index contributed by atoms with van der Waals surface area (Å²) < 4.78 is 40.8. The molecule has 2 heterocycles.